The van der Waals surface area contributed by atoms with Crippen molar-refractivity contribution in [1.29, 1.82) is 0 Å². The summed E-state index contributed by atoms with van der Waals surface area (Å²) in [6, 6.07) is -0.250. The van der Waals surface area contributed by atoms with Gasteiger partial charge in [0.2, 0.25) is 11.8 Å². The third-order valence-electron chi connectivity index (χ3n) is 4.05. The van der Waals surface area contributed by atoms with Gasteiger partial charge < -0.3 is 15.0 Å². The van der Waals surface area contributed by atoms with Gasteiger partial charge in [0.05, 0.1) is 18.7 Å². The number of hydrogen-bond acceptors (Lipinski definition) is 3. The van der Waals surface area contributed by atoms with E-state index in [9.17, 15) is 9.59 Å². The second-order valence-electron chi connectivity index (χ2n) is 5.22. The molecule has 3 atom stereocenters. The smallest absolute Gasteiger partial charge is 0.242 e. The van der Waals surface area contributed by atoms with Crippen LogP contribution in [0.4, 0.5) is 0 Å². The molecule has 0 aromatic heterocycles. The van der Waals surface area contributed by atoms with Crippen molar-refractivity contribution in [2.45, 2.75) is 44.4 Å². The molecule has 0 spiro atoms. The number of carbonyl (C=O) groups excluding carboxylic acids is 2. The quantitative estimate of drug-likeness (QED) is 0.731. The fourth-order valence-electron chi connectivity index (χ4n) is 2.99. The van der Waals surface area contributed by atoms with Gasteiger partial charge in [-0.25, -0.2) is 0 Å². The zero-order valence-electron chi connectivity index (χ0n) is 10.0. The van der Waals surface area contributed by atoms with E-state index in [0.29, 0.717) is 12.5 Å². The lowest BCUT2D eigenvalue weighted by Crippen LogP contribution is -2.62. The van der Waals surface area contributed by atoms with Crippen LogP contribution < -0.4 is 5.32 Å². The maximum atomic E-state index is 12.0. The normalized spacial score (nSPS) is 38.4. The Labute approximate surface area is 100 Å². The Hall–Kier alpha value is -1.10. The minimum Gasteiger partial charge on any atom is -0.376 e. The van der Waals surface area contributed by atoms with E-state index in [-0.39, 0.29) is 36.5 Å². The van der Waals surface area contributed by atoms with E-state index in [1.165, 1.54) is 12.8 Å². The molecule has 5 nitrogen and oxygen atoms in total. The molecule has 0 bridgehead atoms. The first-order valence-corrected chi connectivity index (χ1v) is 6.39. The van der Waals surface area contributed by atoms with Gasteiger partial charge in [-0.05, 0) is 32.1 Å². The Bertz CT molecular complexity index is 354. The Kier molecular flexibility index (Phi) is 2.58. The number of nitrogens with zero attached hydrogens (tertiary/aromatic N) is 1. The molecular weight excluding hydrogens is 220 g/mol. The van der Waals surface area contributed by atoms with Crippen LogP contribution in [-0.4, -0.2) is 48.1 Å². The molecule has 2 aliphatic heterocycles. The Balaban J connectivity index is 1.80. The van der Waals surface area contributed by atoms with E-state index in [1.807, 2.05) is 0 Å². The van der Waals surface area contributed by atoms with Gasteiger partial charge in [-0.1, -0.05) is 0 Å². The summed E-state index contributed by atoms with van der Waals surface area (Å²) in [5.74, 6) is 0.580. The summed E-state index contributed by atoms with van der Waals surface area (Å²) in [5.41, 5.74) is 0. The lowest BCUT2D eigenvalue weighted by Gasteiger charge is -2.39. The van der Waals surface area contributed by atoms with Crippen LogP contribution in [0.15, 0.2) is 0 Å². The lowest BCUT2D eigenvalue weighted by atomic mass is 10.0. The van der Waals surface area contributed by atoms with E-state index in [2.05, 4.69) is 5.32 Å². The van der Waals surface area contributed by atoms with Crippen molar-refractivity contribution in [3.05, 3.63) is 0 Å². The molecule has 1 N–H and O–H groups in total. The average molecular weight is 238 g/mol. The molecule has 2 amide bonds. The van der Waals surface area contributed by atoms with Crippen molar-refractivity contribution in [3.63, 3.8) is 0 Å². The lowest BCUT2D eigenvalue weighted by molar-refractivity contribution is -0.149. The summed E-state index contributed by atoms with van der Waals surface area (Å²) in [7, 11) is 0. The highest BCUT2D eigenvalue weighted by atomic mass is 16.5. The predicted octanol–water partition coefficient (Wildman–Crippen LogP) is -0.0992. The van der Waals surface area contributed by atoms with Gasteiger partial charge >= 0.3 is 0 Å². The van der Waals surface area contributed by atoms with Gasteiger partial charge in [-0.15, -0.1) is 0 Å². The Morgan fingerprint density at radius 1 is 1.29 bits per heavy atom. The average Bonchev–Trinajstić information content (AvgIpc) is 3.05. The summed E-state index contributed by atoms with van der Waals surface area (Å²) >= 11 is 0. The van der Waals surface area contributed by atoms with Crippen molar-refractivity contribution in [3.8, 4) is 0 Å². The topological polar surface area (TPSA) is 58.6 Å². The number of piperazine rings is 1. The van der Waals surface area contributed by atoms with E-state index >= 15 is 0 Å². The van der Waals surface area contributed by atoms with Crippen LogP contribution in [0, 0.1) is 5.92 Å². The molecule has 94 valence electrons. The Morgan fingerprint density at radius 2 is 2.06 bits per heavy atom. The highest BCUT2D eigenvalue weighted by Gasteiger charge is 2.47. The highest BCUT2D eigenvalue weighted by molar-refractivity contribution is 5.94. The second-order valence-corrected chi connectivity index (χ2v) is 5.22. The molecule has 1 aliphatic carbocycles. The molecular formula is C12H18N2O3. The number of amides is 2. The molecule has 3 fully saturated rings. The molecule has 5 heteroatoms. The minimum absolute atomic E-state index is 0.0262. The fraction of sp³-hybridized carbons (Fsp3) is 0.833. The number of carbonyl (C=O) groups is 2. The molecule has 0 aromatic carbocycles. The third-order valence-corrected chi connectivity index (χ3v) is 4.05. The summed E-state index contributed by atoms with van der Waals surface area (Å²) in [6.45, 7) is 2.65. The standard InChI is InChI=1S/C12H18N2O3/c1-7-12(16)13-6-10(15)14(7)9-4-5-17-11(9)8-2-3-8/h7-9,11H,2-6H2,1H3,(H,13,16). The van der Waals surface area contributed by atoms with Gasteiger partial charge in [0.1, 0.15) is 6.04 Å². The first-order chi connectivity index (χ1) is 8.18. The SMILES string of the molecule is CC1C(=O)NCC(=O)N1C1CCOC1C1CC1. The first kappa shape index (κ1) is 11.0. The van der Waals surface area contributed by atoms with Crippen LogP contribution >= 0.6 is 0 Å². The van der Waals surface area contributed by atoms with Crippen molar-refractivity contribution in [2.24, 2.45) is 5.92 Å². The van der Waals surface area contributed by atoms with Crippen molar-refractivity contribution in [2.75, 3.05) is 13.2 Å². The van der Waals surface area contributed by atoms with Crippen LogP contribution in [-0.2, 0) is 14.3 Å². The first-order valence-electron chi connectivity index (χ1n) is 6.39. The molecule has 17 heavy (non-hydrogen) atoms. The monoisotopic (exact) mass is 238 g/mol. The minimum atomic E-state index is -0.357. The van der Waals surface area contributed by atoms with Gasteiger partial charge in [-0.2, -0.15) is 0 Å². The second kappa shape index (κ2) is 3.98. The van der Waals surface area contributed by atoms with Gasteiger partial charge in [0.15, 0.2) is 0 Å². The summed E-state index contributed by atoms with van der Waals surface area (Å²) in [5, 5.41) is 2.62. The van der Waals surface area contributed by atoms with E-state index in [0.717, 1.165) is 6.42 Å². The number of ether oxygens (including phenoxy) is 1. The van der Waals surface area contributed by atoms with Crippen LogP contribution in [0.2, 0.25) is 0 Å². The van der Waals surface area contributed by atoms with Crippen LogP contribution in [0.3, 0.4) is 0 Å². The van der Waals surface area contributed by atoms with Gasteiger partial charge in [0, 0.05) is 6.61 Å². The van der Waals surface area contributed by atoms with Crippen LogP contribution in [0.5, 0.6) is 0 Å². The van der Waals surface area contributed by atoms with Crippen LogP contribution in [0.1, 0.15) is 26.2 Å². The van der Waals surface area contributed by atoms with E-state index < -0.39 is 0 Å². The van der Waals surface area contributed by atoms with E-state index in [1.54, 1.807) is 11.8 Å². The molecule has 2 heterocycles. The molecule has 0 aromatic rings. The molecule has 2 saturated heterocycles. The molecule has 1 saturated carbocycles. The number of hydrogen-bond donors (Lipinski definition) is 1. The maximum absolute atomic E-state index is 12.0. The number of rotatable bonds is 2. The fourth-order valence-corrected chi connectivity index (χ4v) is 2.99. The largest absolute Gasteiger partial charge is 0.376 e. The Morgan fingerprint density at radius 3 is 2.76 bits per heavy atom. The van der Waals surface area contributed by atoms with Gasteiger partial charge in [-0.3, -0.25) is 9.59 Å². The predicted molar refractivity (Wildman–Crippen MR) is 60.2 cm³/mol. The summed E-state index contributed by atoms with van der Waals surface area (Å²) in [6.07, 6.45) is 3.42. The van der Waals surface area contributed by atoms with Crippen molar-refractivity contribution in [1.82, 2.24) is 10.2 Å². The van der Waals surface area contributed by atoms with Crippen molar-refractivity contribution < 1.29 is 14.3 Å². The number of nitrogens with one attached hydrogen (secondary N) is 1. The molecule has 0 radical (unpaired) electrons. The zero-order valence-corrected chi connectivity index (χ0v) is 10.0. The van der Waals surface area contributed by atoms with Gasteiger partial charge in [0.25, 0.3) is 0 Å². The van der Waals surface area contributed by atoms with E-state index in [4.69, 9.17) is 4.74 Å². The summed E-state index contributed by atoms with van der Waals surface area (Å²) < 4.78 is 5.75. The highest BCUT2D eigenvalue weighted by Crippen LogP contribution is 2.41. The third kappa shape index (κ3) is 1.82. The van der Waals surface area contributed by atoms with Crippen LogP contribution in [0.25, 0.3) is 0 Å². The molecule has 3 rings (SSSR count). The molecule has 3 aliphatic rings. The maximum Gasteiger partial charge on any atom is 0.242 e. The summed E-state index contributed by atoms with van der Waals surface area (Å²) in [4.78, 5) is 25.4. The van der Waals surface area contributed by atoms with Crippen molar-refractivity contribution >= 4 is 11.8 Å². The molecule has 3 unspecified atom stereocenters. The zero-order chi connectivity index (χ0) is 12.0.